The number of halogens is 1. The van der Waals surface area contributed by atoms with E-state index in [2.05, 4.69) is 43.4 Å². The molecule has 21 heavy (non-hydrogen) atoms. The van der Waals surface area contributed by atoms with Gasteiger partial charge in [0.25, 0.3) is 0 Å². The molecule has 1 atom stereocenters. The summed E-state index contributed by atoms with van der Waals surface area (Å²) in [5.41, 5.74) is 3.44. The molecule has 0 aliphatic heterocycles. The van der Waals surface area contributed by atoms with E-state index in [1.54, 1.807) is 7.11 Å². The number of hydrogen-bond donors (Lipinski definition) is 1. The Morgan fingerprint density at radius 2 is 1.95 bits per heavy atom. The van der Waals surface area contributed by atoms with Crippen LogP contribution in [0.15, 0.2) is 42.5 Å². The van der Waals surface area contributed by atoms with E-state index < -0.39 is 0 Å². The van der Waals surface area contributed by atoms with Crippen LogP contribution in [0.5, 0.6) is 5.75 Å². The summed E-state index contributed by atoms with van der Waals surface area (Å²) < 4.78 is 5.45. The van der Waals surface area contributed by atoms with Gasteiger partial charge in [-0.25, -0.2) is 0 Å². The first-order valence-corrected chi connectivity index (χ1v) is 7.74. The van der Waals surface area contributed by atoms with Crippen LogP contribution in [0.25, 0.3) is 11.1 Å². The highest BCUT2D eigenvalue weighted by Gasteiger charge is 2.11. The molecule has 0 fully saturated rings. The SMILES string of the molecule is CCNC(CC)c1cccc(-c2cc(Cl)ccc2OC)c1. The maximum absolute atomic E-state index is 6.14. The Morgan fingerprint density at radius 3 is 2.62 bits per heavy atom. The molecule has 3 heteroatoms. The Bertz CT molecular complexity index is 598. The molecule has 112 valence electrons. The fourth-order valence-corrected chi connectivity index (χ4v) is 2.75. The van der Waals surface area contributed by atoms with Crippen molar-refractivity contribution in [3.63, 3.8) is 0 Å². The Morgan fingerprint density at radius 1 is 1.14 bits per heavy atom. The molecule has 0 aliphatic carbocycles. The van der Waals surface area contributed by atoms with E-state index in [4.69, 9.17) is 16.3 Å². The summed E-state index contributed by atoms with van der Waals surface area (Å²) in [5, 5.41) is 4.23. The van der Waals surface area contributed by atoms with Crippen LogP contribution in [0.1, 0.15) is 31.9 Å². The van der Waals surface area contributed by atoms with Gasteiger partial charge in [-0.15, -0.1) is 0 Å². The van der Waals surface area contributed by atoms with Crippen LogP contribution in [0.4, 0.5) is 0 Å². The summed E-state index contributed by atoms with van der Waals surface area (Å²) in [6, 6.07) is 14.6. The van der Waals surface area contributed by atoms with E-state index in [-0.39, 0.29) is 0 Å². The number of rotatable bonds is 6. The van der Waals surface area contributed by atoms with Gasteiger partial charge < -0.3 is 10.1 Å². The highest BCUT2D eigenvalue weighted by Crippen LogP contribution is 2.33. The first-order chi connectivity index (χ1) is 10.2. The number of benzene rings is 2. The van der Waals surface area contributed by atoms with Gasteiger partial charge in [0.05, 0.1) is 7.11 Å². The molecule has 2 aromatic rings. The zero-order chi connectivity index (χ0) is 15.2. The third kappa shape index (κ3) is 3.78. The molecule has 1 unspecified atom stereocenters. The average Bonchev–Trinajstić information content (AvgIpc) is 2.52. The van der Waals surface area contributed by atoms with Crippen molar-refractivity contribution < 1.29 is 4.74 Å². The monoisotopic (exact) mass is 303 g/mol. The lowest BCUT2D eigenvalue weighted by atomic mass is 9.97. The summed E-state index contributed by atoms with van der Waals surface area (Å²) in [6.07, 6.45) is 1.06. The first-order valence-electron chi connectivity index (χ1n) is 7.36. The molecule has 0 amide bonds. The number of hydrogen-bond acceptors (Lipinski definition) is 2. The van der Waals surface area contributed by atoms with Crippen molar-refractivity contribution in [2.24, 2.45) is 0 Å². The number of ether oxygens (including phenoxy) is 1. The van der Waals surface area contributed by atoms with E-state index in [0.717, 1.165) is 34.9 Å². The summed E-state index contributed by atoms with van der Waals surface area (Å²) >= 11 is 6.14. The van der Waals surface area contributed by atoms with Gasteiger partial charge in [0, 0.05) is 16.6 Å². The van der Waals surface area contributed by atoms with Gasteiger partial charge in [-0.2, -0.15) is 0 Å². The normalized spacial score (nSPS) is 12.2. The van der Waals surface area contributed by atoms with Crippen LogP contribution < -0.4 is 10.1 Å². The standard InChI is InChI=1S/C18H22ClNO/c1-4-17(20-5-2)14-8-6-7-13(11-14)16-12-15(19)9-10-18(16)21-3/h6-12,17,20H,4-5H2,1-3H3. The Labute approximate surface area is 132 Å². The van der Waals surface area contributed by atoms with Crippen molar-refractivity contribution in [1.82, 2.24) is 5.32 Å². The zero-order valence-corrected chi connectivity index (χ0v) is 13.6. The van der Waals surface area contributed by atoms with Crippen molar-refractivity contribution in [2.75, 3.05) is 13.7 Å². The van der Waals surface area contributed by atoms with Crippen LogP contribution in [0, 0.1) is 0 Å². The largest absolute Gasteiger partial charge is 0.496 e. The highest BCUT2D eigenvalue weighted by atomic mass is 35.5. The van der Waals surface area contributed by atoms with Crippen LogP contribution in [-0.4, -0.2) is 13.7 Å². The highest BCUT2D eigenvalue weighted by molar-refractivity contribution is 6.31. The second kappa shape index (κ2) is 7.48. The third-order valence-corrected chi connectivity index (χ3v) is 3.86. The number of nitrogens with one attached hydrogen (secondary N) is 1. The van der Waals surface area contributed by atoms with E-state index >= 15 is 0 Å². The lowest BCUT2D eigenvalue weighted by molar-refractivity contribution is 0.416. The second-order valence-electron chi connectivity index (χ2n) is 4.99. The van der Waals surface area contributed by atoms with E-state index in [1.165, 1.54) is 5.56 Å². The quantitative estimate of drug-likeness (QED) is 0.804. The van der Waals surface area contributed by atoms with Crippen LogP contribution in [0.2, 0.25) is 5.02 Å². The van der Waals surface area contributed by atoms with Gasteiger partial charge in [0.15, 0.2) is 0 Å². The van der Waals surface area contributed by atoms with Gasteiger partial charge in [-0.05, 0) is 48.4 Å². The second-order valence-corrected chi connectivity index (χ2v) is 5.43. The molecule has 0 radical (unpaired) electrons. The van der Waals surface area contributed by atoms with Gasteiger partial charge >= 0.3 is 0 Å². The lowest BCUT2D eigenvalue weighted by Gasteiger charge is -2.18. The molecule has 2 aromatic carbocycles. The summed E-state index contributed by atoms with van der Waals surface area (Å²) in [7, 11) is 1.68. The van der Waals surface area contributed by atoms with Crippen molar-refractivity contribution in [3.05, 3.63) is 53.1 Å². The first kappa shape index (κ1) is 15.9. The summed E-state index contributed by atoms with van der Waals surface area (Å²) in [4.78, 5) is 0. The molecular weight excluding hydrogens is 282 g/mol. The third-order valence-electron chi connectivity index (χ3n) is 3.62. The molecule has 2 nitrogen and oxygen atoms in total. The minimum atomic E-state index is 0.375. The Kier molecular flexibility index (Phi) is 5.66. The topological polar surface area (TPSA) is 21.3 Å². The molecule has 0 saturated heterocycles. The maximum Gasteiger partial charge on any atom is 0.126 e. The van der Waals surface area contributed by atoms with E-state index in [0.29, 0.717) is 6.04 Å². The molecule has 0 spiro atoms. The predicted octanol–water partition coefficient (Wildman–Crippen LogP) is 5.08. The minimum absolute atomic E-state index is 0.375. The fourth-order valence-electron chi connectivity index (χ4n) is 2.57. The molecule has 0 aromatic heterocycles. The summed E-state index contributed by atoms with van der Waals surface area (Å²) in [5.74, 6) is 0.841. The number of methoxy groups -OCH3 is 1. The maximum atomic E-state index is 6.14. The molecular formula is C18H22ClNO. The van der Waals surface area contributed by atoms with Crippen LogP contribution in [0.3, 0.4) is 0 Å². The fraction of sp³-hybridized carbons (Fsp3) is 0.333. The Balaban J connectivity index is 2.43. The predicted molar refractivity (Wildman–Crippen MR) is 90.1 cm³/mol. The smallest absolute Gasteiger partial charge is 0.126 e. The van der Waals surface area contributed by atoms with Crippen molar-refractivity contribution in [1.29, 1.82) is 0 Å². The van der Waals surface area contributed by atoms with Gasteiger partial charge in [0.2, 0.25) is 0 Å². The zero-order valence-electron chi connectivity index (χ0n) is 12.8. The minimum Gasteiger partial charge on any atom is -0.496 e. The molecule has 1 N–H and O–H groups in total. The molecule has 2 rings (SSSR count). The van der Waals surface area contributed by atoms with Gasteiger partial charge in [-0.3, -0.25) is 0 Å². The van der Waals surface area contributed by atoms with Crippen LogP contribution >= 0.6 is 11.6 Å². The van der Waals surface area contributed by atoms with Crippen molar-refractivity contribution >= 4 is 11.6 Å². The molecule has 0 saturated carbocycles. The van der Waals surface area contributed by atoms with E-state index in [1.807, 2.05) is 18.2 Å². The Hall–Kier alpha value is -1.51. The lowest BCUT2D eigenvalue weighted by Crippen LogP contribution is -2.19. The summed E-state index contributed by atoms with van der Waals surface area (Å²) in [6.45, 7) is 5.29. The molecule has 0 heterocycles. The molecule has 0 aliphatic rings. The average molecular weight is 304 g/mol. The van der Waals surface area contributed by atoms with Crippen LogP contribution in [-0.2, 0) is 0 Å². The van der Waals surface area contributed by atoms with Gasteiger partial charge in [0.1, 0.15) is 5.75 Å². The van der Waals surface area contributed by atoms with Crippen molar-refractivity contribution in [2.45, 2.75) is 26.3 Å². The van der Waals surface area contributed by atoms with Crippen molar-refractivity contribution in [3.8, 4) is 16.9 Å². The molecule has 0 bridgehead atoms. The van der Waals surface area contributed by atoms with Gasteiger partial charge in [-0.1, -0.05) is 43.6 Å². The van der Waals surface area contributed by atoms with E-state index in [9.17, 15) is 0 Å².